The Morgan fingerprint density at radius 3 is 2.92 bits per heavy atom. The molecule has 134 valence electrons. The summed E-state index contributed by atoms with van der Waals surface area (Å²) < 4.78 is 6.95. The highest BCUT2D eigenvalue weighted by Gasteiger charge is 2.19. The molecule has 0 atom stereocenters. The zero-order chi connectivity index (χ0) is 17.8. The van der Waals surface area contributed by atoms with Gasteiger partial charge in [0.15, 0.2) is 0 Å². The van der Waals surface area contributed by atoms with Gasteiger partial charge in [-0.2, -0.15) is 0 Å². The molecule has 0 radical (unpaired) electrons. The van der Waals surface area contributed by atoms with E-state index in [2.05, 4.69) is 24.1 Å². The number of nitrogens with zero attached hydrogens (tertiary/aromatic N) is 3. The van der Waals surface area contributed by atoms with Crippen molar-refractivity contribution in [1.82, 2.24) is 19.8 Å². The van der Waals surface area contributed by atoms with E-state index in [0.29, 0.717) is 26.2 Å². The normalized spacial score (nSPS) is 14.8. The number of carbonyl (C=O) groups is 2. The molecule has 1 fully saturated rings. The second-order valence-electron chi connectivity index (χ2n) is 6.50. The predicted molar refractivity (Wildman–Crippen MR) is 94.4 cm³/mol. The summed E-state index contributed by atoms with van der Waals surface area (Å²) in [7, 11) is 0. The van der Waals surface area contributed by atoms with Crippen molar-refractivity contribution >= 4 is 23.0 Å². The topological polar surface area (TPSA) is 76.5 Å². The molecule has 1 N–H and O–H groups in total. The van der Waals surface area contributed by atoms with Gasteiger partial charge in [-0.3, -0.25) is 4.79 Å². The molecule has 2 aromatic rings. The van der Waals surface area contributed by atoms with Crippen LogP contribution in [-0.4, -0.2) is 52.7 Å². The van der Waals surface area contributed by atoms with Crippen LogP contribution in [0.4, 0.5) is 4.79 Å². The van der Waals surface area contributed by atoms with Crippen LogP contribution in [0.15, 0.2) is 24.3 Å². The molecule has 0 unspecified atom stereocenters. The number of carbonyl (C=O) groups excluding carboxylic acids is 2. The maximum Gasteiger partial charge on any atom is 0.409 e. The van der Waals surface area contributed by atoms with Crippen LogP contribution in [-0.2, 0) is 16.1 Å². The second-order valence-corrected chi connectivity index (χ2v) is 6.50. The van der Waals surface area contributed by atoms with Gasteiger partial charge in [-0.15, -0.1) is 0 Å². The third-order valence-electron chi connectivity index (χ3n) is 4.26. The molecule has 1 aliphatic heterocycles. The minimum atomic E-state index is -0.303. The van der Waals surface area contributed by atoms with Gasteiger partial charge in [0.2, 0.25) is 5.91 Å². The Morgan fingerprint density at radius 2 is 2.16 bits per heavy atom. The SMILES string of the molecule is CC(C)c1nc2ccccc2n1CC(=O)NCCN1CCCOC1=O. The van der Waals surface area contributed by atoms with Crippen molar-refractivity contribution in [2.45, 2.75) is 32.7 Å². The van der Waals surface area contributed by atoms with Gasteiger partial charge in [0.05, 0.1) is 17.6 Å². The van der Waals surface area contributed by atoms with Crippen LogP contribution < -0.4 is 5.32 Å². The van der Waals surface area contributed by atoms with Gasteiger partial charge in [-0.25, -0.2) is 9.78 Å². The molecule has 7 heteroatoms. The number of hydrogen-bond acceptors (Lipinski definition) is 4. The zero-order valence-electron chi connectivity index (χ0n) is 14.7. The van der Waals surface area contributed by atoms with Crippen molar-refractivity contribution in [2.24, 2.45) is 0 Å². The van der Waals surface area contributed by atoms with E-state index in [1.54, 1.807) is 4.90 Å². The van der Waals surface area contributed by atoms with E-state index in [0.717, 1.165) is 23.3 Å². The Morgan fingerprint density at radius 1 is 1.36 bits per heavy atom. The summed E-state index contributed by atoms with van der Waals surface area (Å²) in [5.41, 5.74) is 1.86. The van der Waals surface area contributed by atoms with Gasteiger partial charge in [0, 0.05) is 25.6 Å². The quantitative estimate of drug-likeness (QED) is 0.871. The monoisotopic (exact) mass is 344 g/mol. The molecule has 0 spiro atoms. The number of hydrogen-bond donors (Lipinski definition) is 1. The van der Waals surface area contributed by atoms with E-state index in [4.69, 9.17) is 4.74 Å². The summed E-state index contributed by atoms with van der Waals surface area (Å²) >= 11 is 0. The average molecular weight is 344 g/mol. The van der Waals surface area contributed by atoms with Crippen molar-refractivity contribution in [1.29, 1.82) is 0 Å². The molecular formula is C18H24N4O3. The van der Waals surface area contributed by atoms with E-state index >= 15 is 0 Å². The van der Waals surface area contributed by atoms with Crippen molar-refractivity contribution in [2.75, 3.05) is 26.2 Å². The number of amides is 2. The van der Waals surface area contributed by atoms with Gasteiger partial charge in [-0.1, -0.05) is 26.0 Å². The molecule has 3 rings (SSSR count). The highest BCUT2D eigenvalue weighted by atomic mass is 16.6. The fourth-order valence-electron chi connectivity index (χ4n) is 3.03. The number of nitrogens with one attached hydrogen (secondary N) is 1. The molecule has 7 nitrogen and oxygen atoms in total. The maximum absolute atomic E-state index is 12.4. The average Bonchev–Trinajstić information content (AvgIpc) is 2.96. The summed E-state index contributed by atoms with van der Waals surface area (Å²) in [5.74, 6) is 1.04. The van der Waals surface area contributed by atoms with Crippen molar-refractivity contribution in [3.63, 3.8) is 0 Å². The first-order valence-electron chi connectivity index (χ1n) is 8.70. The highest BCUT2D eigenvalue weighted by Crippen LogP contribution is 2.21. The summed E-state index contributed by atoms with van der Waals surface area (Å²) in [4.78, 5) is 30.2. The standard InChI is InChI=1S/C18H24N4O3/c1-13(2)17-20-14-6-3-4-7-15(14)22(17)12-16(23)19-8-10-21-9-5-11-25-18(21)24/h3-4,6-7,13H,5,8-12H2,1-2H3,(H,19,23). The summed E-state index contributed by atoms with van der Waals surface area (Å²) in [6, 6.07) is 7.83. The van der Waals surface area contributed by atoms with Crippen LogP contribution in [0.5, 0.6) is 0 Å². The first-order chi connectivity index (χ1) is 12.1. The molecule has 25 heavy (non-hydrogen) atoms. The molecule has 1 saturated heterocycles. The number of fused-ring (bicyclic) bond motifs is 1. The van der Waals surface area contributed by atoms with Crippen molar-refractivity contribution in [3.05, 3.63) is 30.1 Å². The Hall–Kier alpha value is -2.57. The molecular weight excluding hydrogens is 320 g/mol. The number of imidazole rings is 1. The molecule has 1 aromatic carbocycles. The molecule has 1 aromatic heterocycles. The first-order valence-corrected chi connectivity index (χ1v) is 8.70. The maximum atomic E-state index is 12.4. The lowest BCUT2D eigenvalue weighted by Gasteiger charge is -2.26. The van der Waals surface area contributed by atoms with E-state index in [-0.39, 0.29) is 24.5 Å². The largest absolute Gasteiger partial charge is 0.449 e. The minimum Gasteiger partial charge on any atom is -0.449 e. The van der Waals surface area contributed by atoms with Gasteiger partial charge in [0.25, 0.3) is 0 Å². The summed E-state index contributed by atoms with van der Waals surface area (Å²) in [5, 5.41) is 2.88. The smallest absolute Gasteiger partial charge is 0.409 e. The number of rotatable bonds is 6. The Kier molecular flexibility index (Phi) is 5.21. The zero-order valence-corrected chi connectivity index (χ0v) is 14.7. The number of ether oxygens (including phenoxy) is 1. The molecule has 1 aliphatic rings. The third-order valence-corrected chi connectivity index (χ3v) is 4.26. The van der Waals surface area contributed by atoms with Crippen LogP contribution in [0.25, 0.3) is 11.0 Å². The van der Waals surface area contributed by atoms with Crippen LogP contribution >= 0.6 is 0 Å². The molecule has 2 amide bonds. The number of benzene rings is 1. The van der Waals surface area contributed by atoms with Crippen molar-refractivity contribution in [3.8, 4) is 0 Å². The van der Waals surface area contributed by atoms with Crippen molar-refractivity contribution < 1.29 is 14.3 Å². The lowest BCUT2D eigenvalue weighted by molar-refractivity contribution is -0.121. The summed E-state index contributed by atoms with van der Waals surface area (Å²) in [6.45, 7) is 6.39. The Labute approximate surface area is 147 Å². The molecule has 2 heterocycles. The molecule has 0 aliphatic carbocycles. The summed E-state index contributed by atoms with van der Waals surface area (Å²) in [6.07, 6.45) is 0.529. The van der Waals surface area contributed by atoms with E-state index in [1.165, 1.54) is 0 Å². The van der Waals surface area contributed by atoms with E-state index in [1.807, 2.05) is 28.8 Å². The van der Waals surface area contributed by atoms with Crippen LogP contribution in [0.2, 0.25) is 0 Å². The van der Waals surface area contributed by atoms with E-state index in [9.17, 15) is 9.59 Å². The minimum absolute atomic E-state index is 0.0876. The second kappa shape index (κ2) is 7.55. The van der Waals surface area contributed by atoms with Crippen LogP contribution in [0, 0.1) is 0 Å². The fourth-order valence-corrected chi connectivity index (χ4v) is 3.03. The third kappa shape index (κ3) is 3.92. The predicted octanol–water partition coefficient (Wildman–Crippen LogP) is 2.12. The number of cyclic esters (lactones) is 1. The Balaban J connectivity index is 1.62. The Bertz CT molecular complexity index is 769. The molecule has 0 bridgehead atoms. The number of aromatic nitrogens is 2. The van der Waals surface area contributed by atoms with Gasteiger partial charge >= 0.3 is 6.09 Å². The first kappa shape index (κ1) is 17.3. The fraction of sp³-hybridized carbons (Fsp3) is 0.500. The lowest BCUT2D eigenvalue weighted by Crippen LogP contribution is -2.43. The van der Waals surface area contributed by atoms with Crippen LogP contribution in [0.3, 0.4) is 0 Å². The van der Waals surface area contributed by atoms with Crippen LogP contribution in [0.1, 0.15) is 32.0 Å². The molecule has 0 saturated carbocycles. The van der Waals surface area contributed by atoms with Gasteiger partial charge in [0.1, 0.15) is 12.4 Å². The number of para-hydroxylation sites is 2. The lowest BCUT2D eigenvalue weighted by atomic mass is 10.2. The van der Waals surface area contributed by atoms with Gasteiger partial charge in [-0.05, 0) is 18.6 Å². The van der Waals surface area contributed by atoms with E-state index < -0.39 is 0 Å². The highest BCUT2D eigenvalue weighted by molar-refractivity contribution is 5.81. The van der Waals surface area contributed by atoms with Gasteiger partial charge < -0.3 is 19.5 Å².